The van der Waals surface area contributed by atoms with Gasteiger partial charge in [0.2, 0.25) is 0 Å². The van der Waals surface area contributed by atoms with Crippen molar-refractivity contribution in [2.45, 2.75) is 38.2 Å². The molecule has 0 spiro atoms. The lowest BCUT2D eigenvalue weighted by Gasteiger charge is -2.13. The van der Waals surface area contributed by atoms with Gasteiger partial charge in [0, 0.05) is 35.9 Å². The van der Waals surface area contributed by atoms with Crippen LogP contribution in [0.15, 0.2) is 24.3 Å². The Hall–Kier alpha value is -1.56. The van der Waals surface area contributed by atoms with Gasteiger partial charge in [-0.3, -0.25) is 4.21 Å². The van der Waals surface area contributed by atoms with Crippen LogP contribution in [0, 0.1) is 0 Å². The first-order chi connectivity index (χ1) is 11.1. The van der Waals surface area contributed by atoms with Crippen LogP contribution in [-0.4, -0.2) is 41.4 Å². The Bertz CT molecular complexity index is 513. The van der Waals surface area contributed by atoms with Gasteiger partial charge in [-0.15, -0.1) is 0 Å². The number of nitrogens with one attached hydrogen (secondary N) is 2. The fourth-order valence-corrected chi connectivity index (χ4v) is 3.01. The summed E-state index contributed by atoms with van der Waals surface area (Å²) in [5.41, 5.74) is 1.17. The lowest BCUT2D eigenvalue weighted by atomic mass is 10.1. The molecule has 0 radical (unpaired) electrons. The van der Waals surface area contributed by atoms with E-state index in [-0.39, 0.29) is 6.03 Å². The smallest absolute Gasteiger partial charge is 0.314 e. The molecule has 1 aromatic rings. The highest BCUT2D eigenvalue weighted by molar-refractivity contribution is 7.84. The molecule has 0 aliphatic heterocycles. The number of hydrogen-bond donors (Lipinski definition) is 2. The Morgan fingerprint density at radius 2 is 1.83 bits per heavy atom. The summed E-state index contributed by atoms with van der Waals surface area (Å²) in [5.74, 6) is 1.41. The normalized spacial score (nSPS) is 16.0. The van der Waals surface area contributed by atoms with Crippen LogP contribution in [0.2, 0.25) is 0 Å². The van der Waals surface area contributed by atoms with Crippen molar-refractivity contribution < 1.29 is 13.7 Å². The Kier molecular flexibility index (Phi) is 7.39. The van der Waals surface area contributed by atoms with Gasteiger partial charge in [-0.05, 0) is 49.8 Å². The van der Waals surface area contributed by atoms with Gasteiger partial charge in [0.25, 0.3) is 0 Å². The second-order valence-electron chi connectivity index (χ2n) is 5.88. The molecule has 1 aliphatic carbocycles. The SMILES string of the molecule is C[S@@](=O)CCNC(=O)NCCc1ccc(OC2CCCC2)cc1. The summed E-state index contributed by atoms with van der Waals surface area (Å²) in [6.07, 6.45) is 7.63. The number of carbonyl (C=O) groups excluding carboxylic acids is 1. The van der Waals surface area contributed by atoms with Gasteiger partial charge in [0.1, 0.15) is 5.75 Å². The maximum absolute atomic E-state index is 11.5. The van der Waals surface area contributed by atoms with Crippen molar-refractivity contribution in [2.24, 2.45) is 0 Å². The van der Waals surface area contributed by atoms with E-state index in [9.17, 15) is 9.00 Å². The number of ether oxygens (including phenoxy) is 1. The third-order valence-electron chi connectivity index (χ3n) is 3.90. The predicted octanol–water partition coefficient (Wildman–Crippen LogP) is 2.23. The van der Waals surface area contributed by atoms with Crippen LogP contribution in [0.25, 0.3) is 0 Å². The van der Waals surface area contributed by atoms with Crippen LogP contribution in [0.1, 0.15) is 31.2 Å². The molecule has 1 aliphatic rings. The average molecular weight is 338 g/mol. The van der Waals surface area contributed by atoms with Crippen molar-refractivity contribution in [3.8, 4) is 5.75 Å². The summed E-state index contributed by atoms with van der Waals surface area (Å²) in [6.45, 7) is 1.01. The van der Waals surface area contributed by atoms with Crippen LogP contribution in [0.5, 0.6) is 5.75 Å². The van der Waals surface area contributed by atoms with E-state index in [1.165, 1.54) is 18.4 Å². The van der Waals surface area contributed by atoms with Gasteiger partial charge in [0.05, 0.1) is 6.10 Å². The van der Waals surface area contributed by atoms with Gasteiger partial charge in [-0.2, -0.15) is 0 Å². The third-order valence-corrected chi connectivity index (χ3v) is 4.68. The highest BCUT2D eigenvalue weighted by Crippen LogP contribution is 2.24. The van der Waals surface area contributed by atoms with Crippen molar-refractivity contribution >= 4 is 16.8 Å². The lowest BCUT2D eigenvalue weighted by Crippen LogP contribution is -2.38. The summed E-state index contributed by atoms with van der Waals surface area (Å²) >= 11 is 0. The molecule has 0 bridgehead atoms. The molecule has 0 heterocycles. The molecule has 1 aromatic carbocycles. The predicted molar refractivity (Wildman–Crippen MR) is 93.4 cm³/mol. The molecule has 1 fully saturated rings. The summed E-state index contributed by atoms with van der Waals surface area (Å²) in [4.78, 5) is 11.5. The molecule has 128 valence electrons. The summed E-state index contributed by atoms with van der Waals surface area (Å²) in [5, 5.41) is 5.48. The highest BCUT2D eigenvalue weighted by atomic mass is 32.2. The molecule has 2 N–H and O–H groups in total. The number of carbonyl (C=O) groups is 1. The van der Waals surface area contributed by atoms with Crippen LogP contribution in [0.3, 0.4) is 0 Å². The van der Waals surface area contributed by atoms with Crippen LogP contribution in [-0.2, 0) is 17.2 Å². The lowest BCUT2D eigenvalue weighted by molar-refractivity contribution is 0.210. The molecule has 2 amide bonds. The van der Waals surface area contributed by atoms with Crippen molar-refractivity contribution in [3.63, 3.8) is 0 Å². The molecule has 0 unspecified atom stereocenters. The molecule has 0 saturated heterocycles. The van der Waals surface area contributed by atoms with Crippen LogP contribution < -0.4 is 15.4 Å². The van der Waals surface area contributed by atoms with E-state index in [4.69, 9.17) is 4.74 Å². The summed E-state index contributed by atoms with van der Waals surface area (Å²) in [7, 11) is -0.876. The zero-order chi connectivity index (χ0) is 16.5. The zero-order valence-electron chi connectivity index (χ0n) is 13.7. The van der Waals surface area contributed by atoms with Crippen LogP contribution in [0.4, 0.5) is 4.79 Å². The molecular weight excluding hydrogens is 312 g/mol. The third kappa shape index (κ3) is 7.03. The number of urea groups is 1. The Labute approximate surface area is 140 Å². The van der Waals surface area contributed by atoms with Gasteiger partial charge in [-0.25, -0.2) is 4.79 Å². The van der Waals surface area contributed by atoms with E-state index in [0.29, 0.717) is 24.9 Å². The van der Waals surface area contributed by atoms with E-state index in [1.807, 2.05) is 24.3 Å². The van der Waals surface area contributed by atoms with Gasteiger partial charge in [-0.1, -0.05) is 12.1 Å². The van der Waals surface area contributed by atoms with E-state index >= 15 is 0 Å². The van der Waals surface area contributed by atoms with Crippen molar-refractivity contribution in [2.75, 3.05) is 25.1 Å². The summed E-state index contributed by atoms with van der Waals surface area (Å²) < 4.78 is 16.8. The van der Waals surface area contributed by atoms with E-state index < -0.39 is 10.8 Å². The Balaban J connectivity index is 1.63. The fourth-order valence-electron chi connectivity index (χ4n) is 2.62. The highest BCUT2D eigenvalue weighted by Gasteiger charge is 2.16. The second kappa shape index (κ2) is 9.55. The fraction of sp³-hybridized carbons (Fsp3) is 0.588. The molecule has 5 nitrogen and oxygen atoms in total. The number of hydrogen-bond acceptors (Lipinski definition) is 3. The number of benzene rings is 1. The maximum Gasteiger partial charge on any atom is 0.314 e. The number of amides is 2. The first kappa shape index (κ1) is 17.8. The second-order valence-corrected chi connectivity index (χ2v) is 7.43. The van der Waals surface area contributed by atoms with Gasteiger partial charge < -0.3 is 15.4 Å². The topological polar surface area (TPSA) is 67.4 Å². The first-order valence-corrected chi connectivity index (χ1v) is 9.93. The summed E-state index contributed by atoms with van der Waals surface area (Å²) in [6, 6.07) is 7.89. The minimum Gasteiger partial charge on any atom is -0.490 e. The molecule has 23 heavy (non-hydrogen) atoms. The van der Waals surface area contributed by atoms with Crippen molar-refractivity contribution in [3.05, 3.63) is 29.8 Å². The largest absolute Gasteiger partial charge is 0.490 e. The van der Waals surface area contributed by atoms with E-state index in [2.05, 4.69) is 10.6 Å². The van der Waals surface area contributed by atoms with Crippen LogP contribution >= 0.6 is 0 Å². The van der Waals surface area contributed by atoms with Crippen molar-refractivity contribution in [1.29, 1.82) is 0 Å². The molecular formula is C17H26N2O3S. The molecule has 1 saturated carbocycles. The maximum atomic E-state index is 11.5. The molecule has 1 atom stereocenters. The van der Waals surface area contributed by atoms with Crippen molar-refractivity contribution in [1.82, 2.24) is 10.6 Å². The molecule has 6 heteroatoms. The monoisotopic (exact) mass is 338 g/mol. The van der Waals surface area contributed by atoms with E-state index in [1.54, 1.807) is 6.26 Å². The zero-order valence-corrected chi connectivity index (χ0v) is 14.5. The van der Waals surface area contributed by atoms with E-state index in [0.717, 1.165) is 25.0 Å². The number of rotatable bonds is 8. The average Bonchev–Trinajstić information content (AvgIpc) is 3.01. The standard InChI is InChI=1S/C17H26N2O3S/c1-23(21)13-12-19-17(20)18-11-10-14-6-8-16(9-7-14)22-15-4-2-3-5-15/h6-9,15H,2-5,10-13H2,1H3,(H2,18,19,20)/t23-/m1/s1. The Morgan fingerprint density at radius 1 is 1.17 bits per heavy atom. The Morgan fingerprint density at radius 3 is 2.48 bits per heavy atom. The van der Waals surface area contributed by atoms with Gasteiger partial charge >= 0.3 is 6.03 Å². The van der Waals surface area contributed by atoms with Gasteiger partial charge in [0.15, 0.2) is 0 Å². The minimum atomic E-state index is -0.876. The molecule has 2 rings (SSSR count). The quantitative estimate of drug-likeness (QED) is 0.764. The first-order valence-electron chi connectivity index (χ1n) is 8.21. The minimum absolute atomic E-state index is 0.211. The molecule has 0 aromatic heterocycles.